The van der Waals surface area contributed by atoms with E-state index < -0.39 is 10.0 Å². The highest BCUT2D eigenvalue weighted by molar-refractivity contribution is 8.00. The fourth-order valence-electron chi connectivity index (χ4n) is 3.05. The normalized spacial score (nSPS) is 16.5. The highest BCUT2D eigenvalue weighted by Gasteiger charge is 2.22. The van der Waals surface area contributed by atoms with Gasteiger partial charge in [-0.2, -0.15) is 0 Å². The van der Waals surface area contributed by atoms with Crippen molar-refractivity contribution in [3.8, 4) is 11.5 Å². The molecule has 0 aromatic heterocycles. The largest absolute Gasteiger partial charge is 0.493 e. The molecule has 0 fully saturated rings. The molecule has 0 unspecified atom stereocenters. The van der Waals surface area contributed by atoms with E-state index in [1.807, 2.05) is 19.1 Å². The molecule has 1 amide bonds. The maximum absolute atomic E-state index is 12.7. The number of thioether (sulfide) groups is 1. The van der Waals surface area contributed by atoms with Crippen molar-refractivity contribution in [3.63, 3.8) is 0 Å². The van der Waals surface area contributed by atoms with E-state index in [9.17, 15) is 13.2 Å². The standard InChI is InChI=1S/C20H24N2O5S2/c1-13-10-20(23)22-16-12-15(5-7-19(16)28-13)29(24,25)21-9-8-14-4-6-17(26-2)18(11-14)27-3/h4-7,11-13,21H,8-10H2,1-3H3,(H,22,23)/t13-/m0/s1. The van der Waals surface area contributed by atoms with Crippen LogP contribution < -0.4 is 19.5 Å². The number of ether oxygens (including phenoxy) is 2. The van der Waals surface area contributed by atoms with E-state index in [1.54, 1.807) is 44.2 Å². The summed E-state index contributed by atoms with van der Waals surface area (Å²) in [4.78, 5) is 12.9. The molecule has 3 rings (SSSR count). The van der Waals surface area contributed by atoms with E-state index in [0.29, 0.717) is 30.0 Å². The van der Waals surface area contributed by atoms with Crippen LogP contribution in [-0.2, 0) is 21.2 Å². The number of carbonyl (C=O) groups excluding carboxylic acids is 1. The number of anilines is 1. The summed E-state index contributed by atoms with van der Waals surface area (Å²) in [5.41, 5.74) is 1.46. The van der Waals surface area contributed by atoms with Crippen molar-refractivity contribution >= 4 is 33.4 Å². The fraction of sp³-hybridized carbons (Fsp3) is 0.350. The lowest BCUT2D eigenvalue weighted by atomic mass is 10.1. The van der Waals surface area contributed by atoms with Gasteiger partial charge < -0.3 is 14.8 Å². The average molecular weight is 437 g/mol. The maximum atomic E-state index is 12.7. The Morgan fingerprint density at radius 1 is 1.14 bits per heavy atom. The highest BCUT2D eigenvalue weighted by atomic mass is 32.2. The fourth-order valence-corrected chi connectivity index (χ4v) is 5.16. The Labute approximate surface area is 175 Å². The Balaban J connectivity index is 1.70. The monoisotopic (exact) mass is 436 g/mol. The number of rotatable bonds is 7. The molecule has 2 aromatic rings. The van der Waals surface area contributed by atoms with Crippen LogP contribution in [0.3, 0.4) is 0 Å². The van der Waals surface area contributed by atoms with Gasteiger partial charge in [-0.25, -0.2) is 13.1 Å². The Hall–Kier alpha value is -2.23. The SMILES string of the molecule is COc1ccc(CCNS(=O)(=O)c2ccc3c(c2)NC(=O)C[C@H](C)S3)cc1OC. The molecular formula is C20H24N2O5S2. The molecule has 0 saturated heterocycles. The Kier molecular flexibility index (Phi) is 6.71. The third-order valence-corrected chi connectivity index (χ3v) is 7.13. The first kappa shape index (κ1) is 21.5. The Bertz CT molecular complexity index is 1010. The third kappa shape index (κ3) is 5.23. The van der Waals surface area contributed by atoms with Gasteiger partial charge in [-0.15, -0.1) is 11.8 Å². The van der Waals surface area contributed by atoms with E-state index in [4.69, 9.17) is 9.47 Å². The molecular weight excluding hydrogens is 412 g/mol. The minimum atomic E-state index is -3.70. The molecule has 0 saturated carbocycles. The Morgan fingerprint density at radius 2 is 1.90 bits per heavy atom. The summed E-state index contributed by atoms with van der Waals surface area (Å²) in [6.45, 7) is 2.20. The lowest BCUT2D eigenvalue weighted by molar-refractivity contribution is -0.116. The number of hydrogen-bond donors (Lipinski definition) is 2. The molecule has 1 aliphatic heterocycles. The number of benzene rings is 2. The van der Waals surface area contributed by atoms with Gasteiger partial charge in [-0.1, -0.05) is 13.0 Å². The highest BCUT2D eigenvalue weighted by Crippen LogP contribution is 2.36. The topological polar surface area (TPSA) is 93.7 Å². The van der Waals surface area contributed by atoms with Gasteiger partial charge in [0.05, 0.1) is 24.8 Å². The van der Waals surface area contributed by atoms with Gasteiger partial charge in [0.15, 0.2) is 11.5 Å². The van der Waals surface area contributed by atoms with Crippen molar-refractivity contribution in [2.24, 2.45) is 0 Å². The first-order chi connectivity index (χ1) is 13.8. The van der Waals surface area contributed by atoms with Crippen LogP contribution >= 0.6 is 11.8 Å². The number of amides is 1. The molecule has 29 heavy (non-hydrogen) atoms. The third-order valence-electron chi connectivity index (χ3n) is 4.49. The molecule has 1 aliphatic rings. The number of hydrogen-bond acceptors (Lipinski definition) is 6. The first-order valence-corrected chi connectivity index (χ1v) is 11.5. The zero-order chi connectivity index (χ0) is 21.0. The summed E-state index contributed by atoms with van der Waals surface area (Å²) in [5.74, 6) is 1.11. The summed E-state index contributed by atoms with van der Waals surface area (Å²) in [6, 6.07) is 10.3. The van der Waals surface area contributed by atoms with Crippen LogP contribution in [0.15, 0.2) is 46.2 Å². The second kappa shape index (κ2) is 9.06. The second-order valence-corrected chi connectivity index (χ2v) is 9.92. The average Bonchev–Trinajstić information content (AvgIpc) is 2.83. The molecule has 2 N–H and O–H groups in total. The zero-order valence-corrected chi connectivity index (χ0v) is 18.2. The van der Waals surface area contributed by atoms with Gasteiger partial charge in [0.25, 0.3) is 0 Å². The Morgan fingerprint density at radius 3 is 2.62 bits per heavy atom. The maximum Gasteiger partial charge on any atom is 0.240 e. The summed E-state index contributed by atoms with van der Waals surface area (Å²) in [5, 5.41) is 2.93. The van der Waals surface area contributed by atoms with E-state index >= 15 is 0 Å². The lowest BCUT2D eigenvalue weighted by Crippen LogP contribution is -2.26. The van der Waals surface area contributed by atoms with E-state index in [0.717, 1.165) is 10.5 Å². The minimum Gasteiger partial charge on any atom is -0.493 e. The van der Waals surface area contributed by atoms with Crippen LogP contribution in [0.1, 0.15) is 18.9 Å². The summed E-state index contributed by atoms with van der Waals surface area (Å²) >= 11 is 1.56. The van der Waals surface area contributed by atoms with Gasteiger partial charge >= 0.3 is 0 Å². The predicted molar refractivity (Wildman–Crippen MR) is 113 cm³/mol. The zero-order valence-electron chi connectivity index (χ0n) is 16.5. The van der Waals surface area contributed by atoms with E-state index in [2.05, 4.69) is 10.0 Å². The first-order valence-electron chi connectivity index (χ1n) is 9.13. The number of sulfonamides is 1. The van der Waals surface area contributed by atoms with Crippen LogP contribution in [0.2, 0.25) is 0 Å². The molecule has 7 nitrogen and oxygen atoms in total. The van der Waals surface area contributed by atoms with Crippen molar-refractivity contribution < 1.29 is 22.7 Å². The molecule has 0 spiro atoms. The molecule has 2 aromatic carbocycles. The predicted octanol–water partition coefficient (Wildman–Crippen LogP) is 3.05. The molecule has 156 valence electrons. The van der Waals surface area contributed by atoms with Crippen molar-refractivity contribution in [3.05, 3.63) is 42.0 Å². The van der Waals surface area contributed by atoms with Crippen molar-refractivity contribution in [1.29, 1.82) is 0 Å². The smallest absolute Gasteiger partial charge is 0.240 e. The van der Waals surface area contributed by atoms with Crippen LogP contribution in [-0.4, -0.2) is 40.3 Å². The number of carbonyl (C=O) groups is 1. The van der Waals surface area contributed by atoms with Crippen LogP contribution in [0.5, 0.6) is 11.5 Å². The minimum absolute atomic E-state index is 0.111. The number of fused-ring (bicyclic) bond motifs is 1. The second-order valence-electron chi connectivity index (χ2n) is 6.68. The van der Waals surface area contributed by atoms with Gasteiger partial charge in [0.1, 0.15) is 0 Å². The van der Waals surface area contributed by atoms with Crippen molar-refractivity contribution in [2.75, 3.05) is 26.1 Å². The van der Waals surface area contributed by atoms with Gasteiger partial charge in [0, 0.05) is 23.1 Å². The molecule has 0 bridgehead atoms. The molecule has 1 atom stereocenters. The summed E-state index contributed by atoms with van der Waals surface area (Å²) < 4.78 is 38.5. The molecule has 0 aliphatic carbocycles. The molecule has 1 heterocycles. The van der Waals surface area contributed by atoms with Gasteiger partial charge in [0.2, 0.25) is 15.9 Å². The van der Waals surface area contributed by atoms with E-state index in [1.165, 1.54) is 6.07 Å². The molecule has 0 radical (unpaired) electrons. The summed E-state index contributed by atoms with van der Waals surface area (Å²) in [7, 11) is -0.583. The van der Waals surface area contributed by atoms with Gasteiger partial charge in [-0.3, -0.25) is 4.79 Å². The van der Waals surface area contributed by atoms with Crippen LogP contribution in [0, 0.1) is 0 Å². The summed E-state index contributed by atoms with van der Waals surface area (Å²) in [6.07, 6.45) is 0.889. The van der Waals surface area contributed by atoms with Crippen molar-refractivity contribution in [2.45, 2.75) is 34.8 Å². The van der Waals surface area contributed by atoms with Crippen LogP contribution in [0.25, 0.3) is 0 Å². The number of methoxy groups -OCH3 is 2. The molecule has 9 heteroatoms. The quantitative estimate of drug-likeness (QED) is 0.693. The van der Waals surface area contributed by atoms with Crippen molar-refractivity contribution in [1.82, 2.24) is 4.72 Å². The number of nitrogens with one attached hydrogen (secondary N) is 2. The van der Waals surface area contributed by atoms with Crippen LogP contribution in [0.4, 0.5) is 5.69 Å². The van der Waals surface area contributed by atoms with E-state index in [-0.39, 0.29) is 22.6 Å². The van der Waals surface area contributed by atoms with Gasteiger partial charge in [-0.05, 0) is 42.3 Å². The lowest BCUT2D eigenvalue weighted by Gasteiger charge is -2.12.